The number of hydrogen-bond donors (Lipinski definition) is 0. The molecule has 1 rings (SSSR count). The van der Waals surface area contributed by atoms with Crippen LogP contribution < -0.4 is 0 Å². The SMILES string of the molecule is CCc1ccc(C(C)(F)C=O)cc1Cl. The van der Waals surface area contributed by atoms with Crippen molar-refractivity contribution >= 4 is 17.9 Å². The van der Waals surface area contributed by atoms with Crippen LogP contribution in [0.3, 0.4) is 0 Å². The van der Waals surface area contributed by atoms with Crippen LogP contribution in [0, 0.1) is 0 Å². The summed E-state index contributed by atoms with van der Waals surface area (Å²) < 4.78 is 13.5. The Labute approximate surface area is 87.9 Å². The van der Waals surface area contributed by atoms with Crippen molar-refractivity contribution in [2.75, 3.05) is 0 Å². The maximum absolute atomic E-state index is 13.5. The van der Waals surface area contributed by atoms with Crippen LogP contribution in [-0.4, -0.2) is 6.29 Å². The highest BCUT2D eigenvalue weighted by atomic mass is 35.5. The third-order valence-corrected chi connectivity index (χ3v) is 2.57. The summed E-state index contributed by atoms with van der Waals surface area (Å²) >= 11 is 5.91. The molecule has 0 N–H and O–H groups in total. The molecule has 0 spiro atoms. The van der Waals surface area contributed by atoms with E-state index in [1.54, 1.807) is 12.1 Å². The number of benzene rings is 1. The third-order valence-electron chi connectivity index (χ3n) is 2.22. The Hall–Kier alpha value is -0.890. The quantitative estimate of drug-likeness (QED) is 0.706. The van der Waals surface area contributed by atoms with E-state index in [2.05, 4.69) is 0 Å². The van der Waals surface area contributed by atoms with Crippen molar-refractivity contribution in [1.29, 1.82) is 0 Å². The predicted octanol–water partition coefficient (Wildman–Crippen LogP) is 3.29. The Kier molecular flexibility index (Phi) is 3.27. The van der Waals surface area contributed by atoms with E-state index in [0.717, 1.165) is 12.0 Å². The van der Waals surface area contributed by atoms with Gasteiger partial charge in [-0.1, -0.05) is 30.7 Å². The van der Waals surface area contributed by atoms with E-state index in [0.29, 0.717) is 10.6 Å². The maximum atomic E-state index is 13.5. The minimum Gasteiger partial charge on any atom is -0.299 e. The second-order valence-corrected chi connectivity index (χ2v) is 3.76. The number of halogens is 2. The first-order valence-corrected chi connectivity index (χ1v) is 4.83. The van der Waals surface area contributed by atoms with Crippen LogP contribution in [0.5, 0.6) is 0 Å². The summed E-state index contributed by atoms with van der Waals surface area (Å²) in [6.07, 6.45) is 1.08. The van der Waals surface area contributed by atoms with Crippen LogP contribution in [0.15, 0.2) is 18.2 Å². The zero-order valence-electron chi connectivity index (χ0n) is 8.18. The van der Waals surface area contributed by atoms with Crippen LogP contribution in [0.25, 0.3) is 0 Å². The van der Waals surface area contributed by atoms with Gasteiger partial charge >= 0.3 is 0 Å². The minimum absolute atomic E-state index is 0.282. The van der Waals surface area contributed by atoms with E-state index >= 15 is 0 Å². The summed E-state index contributed by atoms with van der Waals surface area (Å²) in [5.41, 5.74) is -0.692. The molecule has 0 aliphatic carbocycles. The van der Waals surface area contributed by atoms with Crippen molar-refractivity contribution in [3.63, 3.8) is 0 Å². The average molecular weight is 215 g/mol. The molecule has 1 unspecified atom stereocenters. The normalized spacial score (nSPS) is 14.9. The van der Waals surface area contributed by atoms with E-state index in [4.69, 9.17) is 11.6 Å². The van der Waals surface area contributed by atoms with E-state index in [1.807, 2.05) is 6.92 Å². The molecule has 0 fully saturated rings. The van der Waals surface area contributed by atoms with Gasteiger partial charge in [0.05, 0.1) is 0 Å². The molecular weight excluding hydrogens is 203 g/mol. The van der Waals surface area contributed by atoms with Crippen LogP contribution in [0.2, 0.25) is 5.02 Å². The molecule has 0 aliphatic heterocycles. The molecule has 14 heavy (non-hydrogen) atoms. The molecule has 0 heterocycles. The summed E-state index contributed by atoms with van der Waals surface area (Å²) in [6, 6.07) is 4.85. The standard InChI is InChI=1S/C11H12ClFO/c1-3-8-4-5-9(6-10(8)12)11(2,13)7-14/h4-7H,3H2,1-2H3. The first-order chi connectivity index (χ1) is 6.51. The van der Waals surface area contributed by atoms with Crippen molar-refractivity contribution in [1.82, 2.24) is 0 Å². The Morgan fingerprint density at radius 3 is 2.64 bits per heavy atom. The molecule has 0 aliphatic rings. The van der Waals surface area contributed by atoms with Gasteiger partial charge in [0, 0.05) is 5.02 Å². The molecule has 3 heteroatoms. The molecule has 0 aromatic heterocycles. The highest BCUT2D eigenvalue weighted by Crippen LogP contribution is 2.27. The average Bonchev–Trinajstić information content (AvgIpc) is 2.17. The minimum atomic E-state index is -1.95. The van der Waals surface area contributed by atoms with Gasteiger partial charge in [-0.15, -0.1) is 0 Å². The van der Waals surface area contributed by atoms with Crippen LogP contribution >= 0.6 is 11.6 Å². The second-order valence-electron chi connectivity index (χ2n) is 3.35. The third kappa shape index (κ3) is 2.13. The molecule has 0 radical (unpaired) electrons. The van der Waals surface area contributed by atoms with Gasteiger partial charge < -0.3 is 0 Å². The Morgan fingerprint density at radius 1 is 1.57 bits per heavy atom. The first-order valence-electron chi connectivity index (χ1n) is 4.45. The predicted molar refractivity (Wildman–Crippen MR) is 55.4 cm³/mol. The number of carbonyl (C=O) groups is 1. The van der Waals surface area contributed by atoms with Crippen LogP contribution in [0.4, 0.5) is 4.39 Å². The van der Waals surface area contributed by atoms with Crippen molar-refractivity contribution in [3.05, 3.63) is 34.3 Å². The molecular formula is C11H12ClFO. The summed E-state index contributed by atoms with van der Waals surface area (Å²) in [7, 11) is 0. The van der Waals surface area contributed by atoms with Crippen molar-refractivity contribution in [3.8, 4) is 0 Å². The highest BCUT2D eigenvalue weighted by molar-refractivity contribution is 6.31. The lowest BCUT2D eigenvalue weighted by Crippen LogP contribution is -2.16. The van der Waals surface area contributed by atoms with Gasteiger partial charge in [0.1, 0.15) is 0 Å². The van der Waals surface area contributed by atoms with Gasteiger partial charge in [-0.2, -0.15) is 0 Å². The van der Waals surface area contributed by atoms with Gasteiger partial charge in [0.25, 0.3) is 0 Å². The molecule has 0 amide bonds. The van der Waals surface area contributed by atoms with E-state index in [-0.39, 0.29) is 6.29 Å². The van der Waals surface area contributed by atoms with Gasteiger partial charge in [-0.05, 0) is 30.5 Å². The topological polar surface area (TPSA) is 17.1 Å². The lowest BCUT2D eigenvalue weighted by Gasteiger charge is -2.14. The Bertz CT molecular complexity index is 347. The van der Waals surface area contributed by atoms with Gasteiger partial charge in [-0.25, -0.2) is 4.39 Å². The fourth-order valence-corrected chi connectivity index (χ4v) is 1.52. The molecule has 1 aromatic carbocycles. The van der Waals surface area contributed by atoms with Crippen molar-refractivity contribution < 1.29 is 9.18 Å². The zero-order valence-corrected chi connectivity index (χ0v) is 8.94. The molecule has 1 aromatic rings. The number of aryl methyl sites for hydroxylation is 1. The molecule has 0 saturated carbocycles. The van der Waals surface area contributed by atoms with Crippen molar-refractivity contribution in [2.24, 2.45) is 0 Å². The Balaban J connectivity index is 3.15. The monoisotopic (exact) mass is 214 g/mol. The summed E-state index contributed by atoms with van der Waals surface area (Å²) in [5, 5.41) is 0.510. The summed E-state index contributed by atoms with van der Waals surface area (Å²) in [4.78, 5) is 10.5. The lowest BCUT2D eigenvalue weighted by atomic mass is 9.98. The number of carbonyl (C=O) groups excluding carboxylic acids is 1. The highest BCUT2D eigenvalue weighted by Gasteiger charge is 2.25. The van der Waals surface area contributed by atoms with Crippen molar-refractivity contribution in [2.45, 2.75) is 25.9 Å². The zero-order chi connectivity index (χ0) is 10.8. The van der Waals surface area contributed by atoms with E-state index < -0.39 is 5.67 Å². The first kappa shape index (κ1) is 11.2. The second kappa shape index (κ2) is 4.09. The molecule has 1 nitrogen and oxygen atoms in total. The fourth-order valence-electron chi connectivity index (χ4n) is 1.21. The summed E-state index contributed by atoms with van der Waals surface area (Å²) in [6.45, 7) is 3.19. The van der Waals surface area contributed by atoms with Gasteiger partial charge in [-0.3, -0.25) is 4.79 Å². The summed E-state index contributed by atoms with van der Waals surface area (Å²) in [5.74, 6) is 0. The number of hydrogen-bond acceptors (Lipinski definition) is 1. The van der Waals surface area contributed by atoms with E-state index in [9.17, 15) is 9.18 Å². The molecule has 76 valence electrons. The molecule has 0 saturated heterocycles. The smallest absolute Gasteiger partial charge is 0.188 e. The number of alkyl halides is 1. The molecule has 1 atom stereocenters. The largest absolute Gasteiger partial charge is 0.299 e. The maximum Gasteiger partial charge on any atom is 0.188 e. The van der Waals surface area contributed by atoms with Gasteiger partial charge in [0.2, 0.25) is 0 Å². The molecule has 0 bridgehead atoms. The van der Waals surface area contributed by atoms with Crippen LogP contribution in [0.1, 0.15) is 25.0 Å². The number of rotatable bonds is 3. The van der Waals surface area contributed by atoms with Crippen LogP contribution in [-0.2, 0) is 16.9 Å². The van der Waals surface area contributed by atoms with E-state index in [1.165, 1.54) is 13.0 Å². The fraction of sp³-hybridized carbons (Fsp3) is 0.364. The Morgan fingerprint density at radius 2 is 2.21 bits per heavy atom. The lowest BCUT2D eigenvalue weighted by molar-refractivity contribution is -0.117. The number of aldehydes is 1. The van der Waals surface area contributed by atoms with Gasteiger partial charge in [0.15, 0.2) is 12.0 Å².